The number of fused-ring (bicyclic) bond motifs is 1. The first-order chi connectivity index (χ1) is 15.3. The maximum atomic E-state index is 12.4. The molecular weight excluding hydrogens is 430 g/mol. The number of nitrogen functional groups attached to an aromatic ring is 1. The minimum Gasteiger partial charge on any atom is -0.493 e. The van der Waals surface area contributed by atoms with Crippen molar-refractivity contribution in [2.75, 3.05) is 39.6 Å². The topological polar surface area (TPSA) is 124 Å². The molecule has 0 saturated carbocycles. The lowest BCUT2D eigenvalue weighted by molar-refractivity contribution is -0.141. The Balaban J connectivity index is 1.72. The number of thiazole rings is 1. The number of aromatic nitrogens is 3. The first kappa shape index (κ1) is 22.2. The van der Waals surface area contributed by atoms with Crippen LogP contribution in [0.2, 0.25) is 0 Å². The number of ether oxygens (including phenoxy) is 2. The van der Waals surface area contributed by atoms with Crippen LogP contribution in [-0.4, -0.2) is 64.8 Å². The minimum absolute atomic E-state index is 0.299. The lowest BCUT2D eigenvalue weighted by Crippen LogP contribution is -2.34. The molecule has 3 N–H and O–H groups in total. The maximum absolute atomic E-state index is 12.4. The van der Waals surface area contributed by atoms with Gasteiger partial charge in [0.15, 0.2) is 16.6 Å². The van der Waals surface area contributed by atoms with Gasteiger partial charge in [-0.15, -0.1) is 11.3 Å². The van der Waals surface area contributed by atoms with Crippen LogP contribution in [0.5, 0.6) is 11.5 Å². The molecule has 32 heavy (non-hydrogen) atoms. The van der Waals surface area contributed by atoms with Gasteiger partial charge in [-0.3, -0.25) is 4.79 Å². The van der Waals surface area contributed by atoms with Gasteiger partial charge in [0.2, 0.25) is 0 Å². The highest BCUT2D eigenvalue weighted by molar-refractivity contribution is 7.15. The highest BCUT2D eigenvalue weighted by atomic mass is 32.1. The number of benzene rings is 1. The predicted octanol–water partition coefficient (Wildman–Crippen LogP) is 2.79. The zero-order valence-electron chi connectivity index (χ0n) is 18.4. The number of anilines is 1. The van der Waals surface area contributed by atoms with Gasteiger partial charge >= 0.3 is 5.97 Å². The molecule has 3 aromatic rings. The maximum Gasteiger partial charge on any atom is 0.320 e. The summed E-state index contributed by atoms with van der Waals surface area (Å²) in [6.45, 7) is 4.33. The van der Waals surface area contributed by atoms with Crippen molar-refractivity contribution in [2.24, 2.45) is 5.92 Å². The number of piperidine rings is 1. The van der Waals surface area contributed by atoms with Gasteiger partial charge in [-0.05, 0) is 51.9 Å². The van der Waals surface area contributed by atoms with Crippen molar-refractivity contribution >= 4 is 33.3 Å². The summed E-state index contributed by atoms with van der Waals surface area (Å²) in [5.41, 5.74) is 5.26. The van der Waals surface area contributed by atoms with Gasteiger partial charge in [-0.2, -0.15) is 0 Å². The molecule has 1 aromatic carbocycles. The van der Waals surface area contributed by atoms with Gasteiger partial charge in [0, 0.05) is 22.5 Å². The summed E-state index contributed by atoms with van der Waals surface area (Å²) in [6, 6.07) is 3.54. The molecule has 9 nitrogen and oxygen atoms in total. The highest BCUT2D eigenvalue weighted by Gasteiger charge is 2.42. The number of rotatable bonds is 7. The van der Waals surface area contributed by atoms with Gasteiger partial charge in [0.25, 0.3) is 0 Å². The van der Waals surface area contributed by atoms with Crippen LogP contribution in [0.15, 0.2) is 24.7 Å². The number of nitrogens with zero attached hydrogens (tertiary/aromatic N) is 4. The molecule has 10 heteroatoms. The Labute approximate surface area is 190 Å². The Morgan fingerprint density at radius 2 is 2.03 bits per heavy atom. The van der Waals surface area contributed by atoms with E-state index >= 15 is 0 Å². The average molecular weight is 458 g/mol. The SMILES string of the molecule is COc1cc2c(C(C)(C(=O)O)c3cnc(N)s3)ncnc2cc1OCC1CCN(C)CC1. The second-order valence-corrected chi connectivity index (χ2v) is 9.36. The van der Waals surface area contributed by atoms with Crippen LogP contribution in [0, 0.1) is 5.92 Å². The third kappa shape index (κ3) is 4.07. The normalized spacial score (nSPS) is 17.2. The second kappa shape index (κ2) is 8.87. The number of methoxy groups -OCH3 is 1. The lowest BCUT2D eigenvalue weighted by Gasteiger charge is -2.29. The molecule has 1 aliphatic rings. The number of carboxylic acids is 1. The molecule has 170 valence electrons. The van der Waals surface area contributed by atoms with E-state index in [2.05, 4.69) is 26.9 Å². The Kier molecular flexibility index (Phi) is 6.16. The largest absolute Gasteiger partial charge is 0.493 e. The van der Waals surface area contributed by atoms with E-state index in [0.717, 1.165) is 37.3 Å². The standard InChI is InChI=1S/C22H27N5O4S/c1-22(20(28)29,18-10-24-21(23)32-18)19-14-8-16(30-3)17(9-15(14)25-12-26-19)31-11-13-4-6-27(2)7-5-13/h8-10,12-13H,4-7,11H2,1-3H3,(H2,23,24)(H,28,29). The fourth-order valence-corrected chi connectivity index (χ4v) is 4.84. The molecule has 1 saturated heterocycles. The van der Waals surface area contributed by atoms with Crippen LogP contribution in [0.3, 0.4) is 0 Å². The van der Waals surface area contributed by atoms with Gasteiger partial charge in [-0.25, -0.2) is 15.0 Å². The third-order valence-corrected chi connectivity index (χ3v) is 7.20. The van der Waals surface area contributed by atoms with Crippen molar-refractivity contribution in [1.29, 1.82) is 0 Å². The zero-order chi connectivity index (χ0) is 22.9. The molecule has 0 bridgehead atoms. The third-order valence-electron chi connectivity index (χ3n) is 6.15. The molecule has 1 atom stereocenters. The van der Waals surface area contributed by atoms with E-state index in [4.69, 9.17) is 15.2 Å². The van der Waals surface area contributed by atoms with Gasteiger partial charge in [-0.1, -0.05) is 0 Å². The summed E-state index contributed by atoms with van der Waals surface area (Å²) in [6.07, 6.45) is 5.04. The van der Waals surface area contributed by atoms with Crippen LogP contribution in [-0.2, 0) is 10.2 Å². The van der Waals surface area contributed by atoms with E-state index in [1.165, 1.54) is 12.5 Å². The Bertz CT molecular complexity index is 1130. The van der Waals surface area contributed by atoms with Crippen LogP contribution >= 0.6 is 11.3 Å². The van der Waals surface area contributed by atoms with Crippen molar-refractivity contribution in [3.05, 3.63) is 35.2 Å². The fourth-order valence-electron chi connectivity index (χ4n) is 4.01. The lowest BCUT2D eigenvalue weighted by atomic mass is 9.83. The number of likely N-dealkylation sites (tertiary alicyclic amines) is 1. The van der Waals surface area contributed by atoms with Crippen LogP contribution in [0.4, 0.5) is 5.13 Å². The number of aliphatic carboxylic acids is 1. The average Bonchev–Trinajstić information content (AvgIpc) is 3.23. The number of carbonyl (C=O) groups is 1. The van der Waals surface area contributed by atoms with Crippen molar-refractivity contribution in [2.45, 2.75) is 25.2 Å². The Morgan fingerprint density at radius 3 is 2.66 bits per heavy atom. The molecule has 1 fully saturated rings. The second-order valence-electron chi connectivity index (χ2n) is 8.29. The Hall–Kier alpha value is -2.98. The van der Waals surface area contributed by atoms with Crippen LogP contribution < -0.4 is 15.2 Å². The smallest absolute Gasteiger partial charge is 0.320 e. The predicted molar refractivity (Wildman–Crippen MR) is 122 cm³/mol. The van der Waals surface area contributed by atoms with Crippen LogP contribution in [0.1, 0.15) is 30.3 Å². The summed E-state index contributed by atoms with van der Waals surface area (Å²) in [7, 11) is 3.69. The molecule has 1 unspecified atom stereocenters. The summed E-state index contributed by atoms with van der Waals surface area (Å²) >= 11 is 1.13. The monoisotopic (exact) mass is 457 g/mol. The fraction of sp³-hybridized carbons (Fsp3) is 0.455. The molecule has 0 radical (unpaired) electrons. The molecule has 4 rings (SSSR count). The summed E-state index contributed by atoms with van der Waals surface area (Å²) in [4.78, 5) is 28.0. The van der Waals surface area contributed by atoms with Gasteiger partial charge in [0.1, 0.15) is 11.7 Å². The zero-order valence-corrected chi connectivity index (χ0v) is 19.2. The summed E-state index contributed by atoms with van der Waals surface area (Å²) < 4.78 is 11.7. The molecule has 2 aromatic heterocycles. The van der Waals surface area contributed by atoms with E-state index < -0.39 is 11.4 Å². The number of nitrogens with two attached hydrogens (primary N) is 1. The van der Waals surface area contributed by atoms with Crippen molar-refractivity contribution in [3.8, 4) is 11.5 Å². The Morgan fingerprint density at radius 1 is 1.28 bits per heavy atom. The van der Waals surface area contributed by atoms with E-state index in [0.29, 0.717) is 50.6 Å². The summed E-state index contributed by atoms with van der Waals surface area (Å²) in [5.74, 6) is 0.531. The van der Waals surface area contributed by atoms with Gasteiger partial charge in [0.05, 0.1) is 24.9 Å². The molecule has 0 aliphatic carbocycles. The number of hydrogen-bond acceptors (Lipinski definition) is 9. The van der Waals surface area contributed by atoms with Crippen LogP contribution in [0.25, 0.3) is 10.9 Å². The van der Waals surface area contributed by atoms with Crippen molar-refractivity contribution in [3.63, 3.8) is 0 Å². The van der Waals surface area contributed by atoms with E-state index in [-0.39, 0.29) is 0 Å². The molecule has 3 heterocycles. The molecule has 1 aliphatic heterocycles. The van der Waals surface area contributed by atoms with E-state index in [1.807, 2.05) is 0 Å². The molecular formula is C22H27N5O4S. The van der Waals surface area contributed by atoms with Crippen molar-refractivity contribution in [1.82, 2.24) is 19.9 Å². The van der Waals surface area contributed by atoms with Crippen molar-refractivity contribution < 1.29 is 19.4 Å². The van der Waals surface area contributed by atoms with E-state index in [1.54, 1.807) is 26.2 Å². The first-order valence-corrected chi connectivity index (χ1v) is 11.2. The molecule has 0 spiro atoms. The highest BCUT2D eigenvalue weighted by Crippen LogP contribution is 2.41. The first-order valence-electron chi connectivity index (χ1n) is 10.4. The van der Waals surface area contributed by atoms with E-state index in [9.17, 15) is 9.90 Å². The van der Waals surface area contributed by atoms with Gasteiger partial charge < -0.3 is 25.2 Å². The molecule has 0 amide bonds. The number of carboxylic acid groups (broad SMARTS) is 1. The number of hydrogen-bond donors (Lipinski definition) is 2. The quantitative estimate of drug-likeness (QED) is 0.551. The summed E-state index contributed by atoms with van der Waals surface area (Å²) in [5, 5.41) is 11.0. The minimum atomic E-state index is -1.45.